The van der Waals surface area contributed by atoms with Crippen LogP contribution in [0.15, 0.2) is 4.99 Å². The molecule has 8 heteroatoms. The number of ether oxygens (including phenoxy) is 2. The van der Waals surface area contributed by atoms with E-state index in [0.717, 1.165) is 51.7 Å². The Labute approximate surface area is 170 Å². The molecular weight excluding hydrogens is 433 g/mol. The van der Waals surface area contributed by atoms with Gasteiger partial charge in [0.05, 0.1) is 19.8 Å². The summed E-state index contributed by atoms with van der Waals surface area (Å²) in [6.45, 7) is 9.96. The fraction of sp³-hybridized carbons (Fsp3) is 0.941. The number of piperazine rings is 1. The van der Waals surface area contributed by atoms with Gasteiger partial charge in [-0.3, -0.25) is 9.89 Å². The molecule has 1 aliphatic heterocycles. The molecular formula is C17H38IN5O2. The van der Waals surface area contributed by atoms with Crippen LogP contribution in [-0.2, 0) is 9.47 Å². The fourth-order valence-electron chi connectivity index (χ4n) is 2.57. The van der Waals surface area contributed by atoms with E-state index < -0.39 is 0 Å². The second kappa shape index (κ2) is 16.0. The Morgan fingerprint density at radius 1 is 1.08 bits per heavy atom. The van der Waals surface area contributed by atoms with Crippen molar-refractivity contribution in [1.29, 1.82) is 0 Å². The summed E-state index contributed by atoms with van der Waals surface area (Å²) in [6, 6.07) is 0.513. The summed E-state index contributed by atoms with van der Waals surface area (Å²) in [6.07, 6.45) is 2.29. The minimum atomic E-state index is 0. The van der Waals surface area contributed by atoms with Gasteiger partial charge in [0, 0.05) is 52.4 Å². The van der Waals surface area contributed by atoms with E-state index in [1.807, 2.05) is 0 Å². The van der Waals surface area contributed by atoms with Gasteiger partial charge in [0.25, 0.3) is 0 Å². The maximum absolute atomic E-state index is 5.55. The zero-order chi connectivity index (χ0) is 17.6. The van der Waals surface area contributed by atoms with E-state index in [-0.39, 0.29) is 24.0 Å². The summed E-state index contributed by atoms with van der Waals surface area (Å²) in [5.41, 5.74) is 0. The number of nitrogens with zero attached hydrogens (tertiary/aromatic N) is 3. The van der Waals surface area contributed by atoms with E-state index in [1.54, 1.807) is 7.05 Å². The first kappa shape index (κ1) is 24.8. The summed E-state index contributed by atoms with van der Waals surface area (Å²) in [7, 11) is 6.16. The normalized spacial score (nSPS) is 19.5. The largest absolute Gasteiger partial charge is 0.379 e. The summed E-state index contributed by atoms with van der Waals surface area (Å²) >= 11 is 0. The van der Waals surface area contributed by atoms with Crippen molar-refractivity contribution in [3.8, 4) is 0 Å². The van der Waals surface area contributed by atoms with E-state index in [9.17, 15) is 0 Å². The van der Waals surface area contributed by atoms with Crippen LogP contribution in [0.3, 0.4) is 0 Å². The highest BCUT2D eigenvalue weighted by molar-refractivity contribution is 14.0. The number of likely N-dealkylation sites (N-methyl/N-ethyl adjacent to an activating group) is 2. The van der Waals surface area contributed by atoms with Crippen molar-refractivity contribution in [1.82, 2.24) is 20.4 Å². The predicted molar refractivity (Wildman–Crippen MR) is 115 cm³/mol. The highest BCUT2D eigenvalue weighted by atomic mass is 127. The topological polar surface area (TPSA) is 61.4 Å². The molecule has 7 nitrogen and oxygen atoms in total. The fourth-order valence-corrected chi connectivity index (χ4v) is 2.57. The van der Waals surface area contributed by atoms with Crippen molar-refractivity contribution in [2.24, 2.45) is 4.99 Å². The third kappa shape index (κ3) is 12.0. The van der Waals surface area contributed by atoms with Gasteiger partial charge < -0.3 is 25.0 Å². The predicted octanol–water partition coefficient (Wildman–Crippen LogP) is 0.849. The van der Waals surface area contributed by atoms with Gasteiger partial charge in [-0.25, -0.2) is 0 Å². The number of hydrogen-bond donors (Lipinski definition) is 2. The zero-order valence-electron chi connectivity index (χ0n) is 16.4. The molecule has 2 N–H and O–H groups in total. The molecule has 0 aromatic carbocycles. The molecule has 0 aromatic heterocycles. The lowest BCUT2D eigenvalue weighted by atomic mass is 10.2. The van der Waals surface area contributed by atoms with Gasteiger partial charge in [-0.05, 0) is 20.5 Å². The SMILES string of the molecule is CCCCOCCOCCNC(=NC)NCC1CN(C)CCN1C.I. The van der Waals surface area contributed by atoms with Crippen LogP contribution in [0.2, 0.25) is 0 Å². The van der Waals surface area contributed by atoms with Gasteiger partial charge in [-0.1, -0.05) is 13.3 Å². The van der Waals surface area contributed by atoms with Crippen LogP contribution in [0.25, 0.3) is 0 Å². The first-order chi connectivity index (χ1) is 11.7. The van der Waals surface area contributed by atoms with Gasteiger partial charge in [-0.2, -0.15) is 0 Å². The van der Waals surface area contributed by atoms with Crippen molar-refractivity contribution >= 4 is 29.9 Å². The molecule has 0 amide bonds. The van der Waals surface area contributed by atoms with Crippen molar-refractivity contribution in [3.63, 3.8) is 0 Å². The van der Waals surface area contributed by atoms with Crippen LogP contribution in [0.4, 0.5) is 0 Å². The van der Waals surface area contributed by atoms with Crippen molar-refractivity contribution < 1.29 is 9.47 Å². The van der Waals surface area contributed by atoms with Crippen molar-refractivity contribution in [2.75, 3.05) is 80.3 Å². The van der Waals surface area contributed by atoms with Crippen LogP contribution < -0.4 is 10.6 Å². The maximum atomic E-state index is 5.55. The standard InChI is InChI=1S/C17H37N5O2.HI/c1-5-6-10-23-12-13-24-11-7-19-17(18-2)20-14-16-15-21(3)8-9-22(16)4;/h16H,5-15H2,1-4H3,(H2,18,19,20);1H. The number of aliphatic imine (C=N–C) groups is 1. The van der Waals surface area contributed by atoms with Gasteiger partial charge in [0.15, 0.2) is 5.96 Å². The molecule has 1 fully saturated rings. The molecule has 1 aliphatic rings. The van der Waals surface area contributed by atoms with Gasteiger partial charge in [-0.15, -0.1) is 24.0 Å². The molecule has 1 saturated heterocycles. The number of hydrogen-bond acceptors (Lipinski definition) is 5. The lowest BCUT2D eigenvalue weighted by Gasteiger charge is -2.37. The second-order valence-corrected chi connectivity index (χ2v) is 6.35. The van der Waals surface area contributed by atoms with Crippen LogP contribution in [0, 0.1) is 0 Å². The molecule has 1 heterocycles. The highest BCUT2D eigenvalue weighted by Crippen LogP contribution is 2.04. The molecule has 1 unspecified atom stereocenters. The molecule has 25 heavy (non-hydrogen) atoms. The van der Waals surface area contributed by atoms with Crippen LogP contribution >= 0.6 is 24.0 Å². The Bertz CT molecular complexity index is 347. The van der Waals surface area contributed by atoms with E-state index >= 15 is 0 Å². The Kier molecular flexibility index (Phi) is 15.9. The number of guanidine groups is 1. The van der Waals surface area contributed by atoms with Gasteiger partial charge in [0.1, 0.15) is 0 Å². The Hall–Kier alpha value is -0.160. The molecule has 0 spiro atoms. The minimum Gasteiger partial charge on any atom is -0.379 e. The Morgan fingerprint density at radius 3 is 2.48 bits per heavy atom. The molecule has 1 rings (SSSR count). The molecule has 0 bridgehead atoms. The van der Waals surface area contributed by atoms with Crippen molar-refractivity contribution in [2.45, 2.75) is 25.8 Å². The number of unbranched alkanes of at least 4 members (excludes halogenated alkanes) is 1. The average Bonchev–Trinajstić information content (AvgIpc) is 2.58. The summed E-state index contributed by atoms with van der Waals surface area (Å²) < 4.78 is 11.0. The quantitative estimate of drug-likeness (QED) is 0.202. The van der Waals surface area contributed by atoms with Gasteiger partial charge in [0.2, 0.25) is 0 Å². The van der Waals surface area contributed by atoms with E-state index in [4.69, 9.17) is 9.47 Å². The third-order valence-electron chi connectivity index (χ3n) is 4.26. The smallest absolute Gasteiger partial charge is 0.191 e. The lowest BCUT2D eigenvalue weighted by molar-refractivity contribution is 0.0487. The lowest BCUT2D eigenvalue weighted by Crippen LogP contribution is -2.55. The highest BCUT2D eigenvalue weighted by Gasteiger charge is 2.21. The van der Waals surface area contributed by atoms with E-state index in [2.05, 4.69) is 46.4 Å². The Morgan fingerprint density at radius 2 is 1.80 bits per heavy atom. The Balaban J connectivity index is 0.00000576. The van der Waals surface area contributed by atoms with E-state index in [0.29, 0.717) is 25.9 Å². The summed E-state index contributed by atoms with van der Waals surface area (Å²) in [5.74, 6) is 0.833. The molecule has 0 radical (unpaired) electrons. The molecule has 0 aliphatic carbocycles. The number of halogens is 1. The summed E-state index contributed by atoms with van der Waals surface area (Å²) in [4.78, 5) is 9.04. The molecule has 150 valence electrons. The molecule has 0 aromatic rings. The molecule has 1 atom stereocenters. The minimum absolute atomic E-state index is 0. The first-order valence-corrected chi connectivity index (χ1v) is 9.16. The number of rotatable bonds is 11. The number of nitrogens with one attached hydrogen (secondary N) is 2. The average molecular weight is 471 g/mol. The van der Waals surface area contributed by atoms with Crippen LogP contribution in [0.1, 0.15) is 19.8 Å². The second-order valence-electron chi connectivity index (χ2n) is 6.35. The summed E-state index contributed by atoms with van der Waals surface area (Å²) in [5, 5.41) is 6.69. The third-order valence-corrected chi connectivity index (χ3v) is 4.26. The maximum Gasteiger partial charge on any atom is 0.191 e. The monoisotopic (exact) mass is 471 g/mol. The van der Waals surface area contributed by atoms with E-state index in [1.165, 1.54) is 6.42 Å². The van der Waals surface area contributed by atoms with Gasteiger partial charge >= 0.3 is 0 Å². The first-order valence-electron chi connectivity index (χ1n) is 9.16. The van der Waals surface area contributed by atoms with Crippen LogP contribution in [-0.4, -0.2) is 102 Å². The van der Waals surface area contributed by atoms with Crippen LogP contribution in [0.5, 0.6) is 0 Å². The molecule has 0 saturated carbocycles. The zero-order valence-corrected chi connectivity index (χ0v) is 18.8. The van der Waals surface area contributed by atoms with Crippen molar-refractivity contribution in [3.05, 3.63) is 0 Å².